The fourth-order valence-electron chi connectivity index (χ4n) is 3.71. The fraction of sp³-hybridized carbons (Fsp3) is 0.667. The molecule has 2 heteroatoms. The van der Waals surface area contributed by atoms with E-state index in [2.05, 4.69) is 48.5 Å². The van der Waals surface area contributed by atoms with Crippen molar-refractivity contribution in [1.29, 1.82) is 0 Å². The molecule has 0 amide bonds. The second kappa shape index (κ2) is 6.28. The van der Waals surface area contributed by atoms with E-state index >= 15 is 0 Å². The Hall–Kier alpha value is -0.860. The van der Waals surface area contributed by atoms with Gasteiger partial charge in [-0.15, -0.1) is 0 Å². The Morgan fingerprint density at radius 1 is 1.10 bits per heavy atom. The van der Waals surface area contributed by atoms with Crippen LogP contribution in [0.5, 0.6) is 0 Å². The number of likely N-dealkylation sites (tertiary alicyclic amines) is 1. The van der Waals surface area contributed by atoms with E-state index in [1.165, 1.54) is 37.8 Å². The highest BCUT2D eigenvalue weighted by molar-refractivity contribution is 5.30. The molecule has 1 aliphatic heterocycles. The van der Waals surface area contributed by atoms with Gasteiger partial charge in [-0.2, -0.15) is 0 Å². The van der Waals surface area contributed by atoms with Gasteiger partial charge in [-0.1, -0.05) is 31.2 Å². The molecule has 1 aliphatic carbocycles. The molecule has 0 bridgehead atoms. The summed E-state index contributed by atoms with van der Waals surface area (Å²) in [6.07, 6.45) is 5.48. The minimum absolute atomic E-state index is 0.594. The van der Waals surface area contributed by atoms with Crippen molar-refractivity contribution in [3.8, 4) is 0 Å². The molecule has 2 nitrogen and oxygen atoms in total. The summed E-state index contributed by atoms with van der Waals surface area (Å²) >= 11 is 0. The number of rotatable bonds is 5. The Balaban J connectivity index is 1.75. The van der Waals surface area contributed by atoms with E-state index in [1.807, 2.05) is 0 Å². The zero-order valence-electron chi connectivity index (χ0n) is 12.9. The molecule has 1 aromatic rings. The zero-order chi connectivity index (χ0) is 13.9. The maximum atomic E-state index is 3.55. The number of nitrogens with one attached hydrogen (secondary N) is 1. The quantitative estimate of drug-likeness (QED) is 0.881. The fourth-order valence-corrected chi connectivity index (χ4v) is 3.71. The van der Waals surface area contributed by atoms with Crippen LogP contribution in [0.25, 0.3) is 0 Å². The lowest BCUT2D eigenvalue weighted by atomic mass is 9.84. The molecule has 0 aromatic heterocycles. The Kier molecular flexibility index (Phi) is 4.42. The summed E-state index contributed by atoms with van der Waals surface area (Å²) in [7, 11) is 2.29. The first-order valence-corrected chi connectivity index (χ1v) is 8.30. The molecule has 2 unspecified atom stereocenters. The molecular formula is C18H28N2. The van der Waals surface area contributed by atoms with Gasteiger partial charge in [0.05, 0.1) is 0 Å². The third-order valence-electron chi connectivity index (χ3n) is 4.99. The molecule has 1 heterocycles. The summed E-state index contributed by atoms with van der Waals surface area (Å²) in [6, 6.07) is 10.1. The van der Waals surface area contributed by atoms with E-state index < -0.39 is 0 Å². The number of hydrogen-bond acceptors (Lipinski definition) is 2. The molecule has 1 saturated heterocycles. The Bertz CT molecular complexity index is 422. The normalized spacial score (nSPS) is 27.7. The average Bonchev–Trinajstić information content (AvgIpc) is 3.30. The van der Waals surface area contributed by atoms with Crippen LogP contribution in [0.4, 0.5) is 0 Å². The molecular weight excluding hydrogens is 244 g/mol. The van der Waals surface area contributed by atoms with Gasteiger partial charge < -0.3 is 5.32 Å². The monoisotopic (exact) mass is 272 g/mol. The predicted octanol–water partition coefficient (Wildman–Crippen LogP) is 3.56. The topological polar surface area (TPSA) is 15.3 Å². The van der Waals surface area contributed by atoms with Gasteiger partial charge in [0, 0.05) is 6.04 Å². The Morgan fingerprint density at radius 3 is 2.45 bits per heavy atom. The van der Waals surface area contributed by atoms with Crippen molar-refractivity contribution < 1.29 is 0 Å². The van der Waals surface area contributed by atoms with Gasteiger partial charge in [0.1, 0.15) is 0 Å². The van der Waals surface area contributed by atoms with Gasteiger partial charge in [-0.3, -0.25) is 4.90 Å². The summed E-state index contributed by atoms with van der Waals surface area (Å²) in [5.41, 5.74) is 3.06. The number of hydrogen-bond donors (Lipinski definition) is 1. The molecule has 2 fully saturated rings. The molecule has 0 spiro atoms. The summed E-state index contributed by atoms with van der Waals surface area (Å²) in [5.74, 6) is 1.62. The first-order chi connectivity index (χ1) is 9.79. The van der Waals surface area contributed by atoms with Gasteiger partial charge in [0.15, 0.2) is 0 Å². The SMILES string of the molecule is CCNCC1CCCN(C)C1c1ccc(C2CC2)cc1. The van der Waals surface area contributed by atoms with Crippen LogP contribution in [0.2, 0.25) is 0 Å². The highest BCUT2D eigenvalue weighted by atomic mass is 15.1. The Morgan fingerprint density at radius 2 is 1.80 bits per heavy atom. The molecule has 1 aromatic carbocycles. The van der Waals surface area contributed by atoms with E-state index in [-0.39, 0.29) is 0 Å². The maximum Gasteiger partial charge on any atom is 0.0385 e. The summed E-state index contributed by atoms with van der Waals surface area (Å²) in [6.45, 7) is 5.66. The maximum absolute atomic E-state index is 3.55. The summed E-state index contributed by atoms with van der Waals surface area (Å²) in [4.78, 5) is 2.55. The van der Waals surface area contributed by atoms with E-state index in [1.54, 1.807) is 5.56 Å². The molecule has 1 N–H and O–H groups in total. The van der Waals surface area contributed by atoms with E-state index in [4.69, 9.17) is 0 Å². The van der Waals surface area contributed by atoms with Crippen LogP contribution >= 0.6 is 0 Å². The molecule has 110 valence electrons. The van der Waals surface area contributed by atoms with Gasteiger partial charge in [0.2, 0.25) is 0 Å². The molecule has 0 radical (unpaired) electrons. The van der Waals surface area contributed by atoms with E-state index in [0.717, 1.165) is 24.9 Å². The first-order valence-electron chi connectivity index (χ1n) is 8.30. The average molecular weight is 272 g/mol. The lowest BCUT2D eigenvalue weighted by Crippen LogP contribution is -2.40. The lowest BCUT2D eigenvalue weighted by molar-refractivity contribution is 0.120. The third kappa shape index (κ3) is 3.07. The van der Waals surface area contributed by atoms with Crippen LogP contribution in [0, 0.1) is 5.92 Å². The third-order valence-corrected chi connectivity index (χ3v) is 4.99. The minimum atomic E-state index is 0.594. The molecule has 3 rings (SSSR count). The van der Waals surface area contributed by atoms with Gasteiger partial charge in [-0.05, 0) is 75.3 Å². The molecule has 2 aliphatic rings. The van der Waals surface area contributed by atoms with Crippen molar-refractivity contribution in [3.63, 3.8) is 0 Å². The minimum Gasteiger partial charge on any atom is -0.317 e. The van der Waals surface area contributed by atoms with Crippen molar-refractivity contribution >= 4 is 0 Å². The Labute approximate surface area is 123 Å². The van der Waals surface area contributed by atoms with E-state index in [0.29, 0.717) is 6.04 Å². The van der Waals surface area contributed by atoms with Gasteiger partial charge in [-0.25, -0.2) is 0 Å². The van der Waals surface area contributed by atoms with Crippen LogP contribution in [0.15, 0.2) is 24.3 Å². The zero-order valence-corrected chi connectivity index (χ0v) is 12.9. The number of benzene rings is 1. The van der Waals surface area contributed by atoms with Gasteiger partial charge >= 0.3 is 0 Å². The van der Waals surface area contributed by atoms with Crippen molar-refractivity contribution in [3.05, 3.63) is 35.4 Å². The van der Waals surface area contributed by atoms with Gasteiger partial charge in [0.25, 0.3) is 0 Å². The largest absolute Gasteiger partial charge is 0.317 e. The van der Waals surface area contributed by atoms with Crippen LogP contribution in [0.3, 0.4) is 0 Å². The van der Waals surface area contributed by atoms with Crippen molar-refractivity contribution in [2.75, 3.05) is 26.7 Å². The van der Waals surface area contributed by atoms with Crippen molar-refractivity contribution in [2.45, 2.75) is 44.6 Å². The standard InChI is InChI=1S/C18H28N2/c1-3-19-13-17-5-4-12-20(2)18(17)16-10-8-15(9-11-16)14-6-7-14/h8-11,14,17-19H,3-7,12-13H2,1-2H3. The molecule has 2 atom stereocenters. The van der Waals surface area contributed by atoms with E-state index in [9.17, 15) is 0 Å². The van der Waals surface area contributed by atoms with Crippen LogP contribution in [0.1, 0.15) is 55.7 Å². The summed E-state index contributed by atoms with van der Waals surface area (Å²) in [5, 5.41) is 3.55. The van der Waals surface area contributed by atoms with Crippen molar-refractivity contribution in [1.82, 2.24) is 10.2 Å². The highest BCUT2D eigenvalue weighted by Gasteiger charge is 2.30. The second-order valence-corrected chi connectivity index (χ2v) is 6.58. The summed E-state index contributed by atoms with van der Waals surface area (Å²) < 4.78 is 0. The van der Waals surface area contributed by atoms with Crippen LogP contribution in [-0.2, 0) is 0 Å². The molecule has 20 heavy (non-hydrogen) atoms. The number of nitrogens with zero attached hydrogens (tertiary/aromatic N) is 1. The van der Waals surface area contributed by atoms with Crippen LogP contribution in [-0.4, -0.2) is 31.6 Å². The number of piperidine rings is 1. The van der Waals surface area contributed by atoms with Crippen LogP contribution < -0.4 is 5.32 Å². The first kappa shape index (κ1) is 14.1. The lowest BCUT2D eigenvalue weighted by Gasteiger charge is -2.40. The van der Waals surface area contributed by atoms with Crippen molar-refractivity contribution in [2.24, 2.45) is 5.92 Å². The smallest absolute Gasteiger partial charge is 0.0385 e. The molecule has 1 saturated carbocycles. The second-order valence-electron chi connectivity index (χ2n) is 6.58. The highest BCUT2D eigenvalue weighted by Crippen LogP contribution is 2.41. The predicted molar refractivity (Wildman–Crippen MR) is 85.1 cm³/mol.